The van der Waals surface area contributed by atoms with E-state index in [4.69, 9.17) is 0 Å². The summed E-state index contributed by atoms with van der Waals surface area (Å²) in [5.41, 5.74) is 1.35. The molecule has 2 aromatic rings. The van der Waals surface area contributed by atoms with Crippen molar-refractivity contribution in [1.29, 1.82) is 0 Å². The van der Waals surface area contributed by atoms with Crippen molar-refractivity contribution in [3.63, 3.8) is 0 Å². The fraction of sp³-hybridized carbons (Fsp3) is 0.375. The van der Waals surface area contributed by atoms with Crippen LogP contribution in [0.3, 0.4) is 0 Å². The van der Waals surface area contributed by atoms with Crippen molar-refractivity contribution >= 4 is 11.8 Å². The Hall–Kier alpha value is -2.70. The third-order valence-corrected chi connectivity index (χ3v) is 3.25. The average Bonchev–Trinajstić information content (AvgIpc) is 3.06. The van der Waals surface area contributed by atoms with E-state index in [2.05, 4.69) is 15.4 Å². The molecule has 7 heteroatoms. The van der Waals surface area contributed by atoms with Crippen molar-refractivity contribution in [3.05, 3.63) is 42.5 Å². The molecular formula is C16H21N5O2. The number of aromatic nitrogens is 3. The highest BCUT2D eigenvalue weighted by Gasteiger charge is 2.17. The second kappa shape index (κ2) is 7.53. The van der Waals surface area contributed by atoms with Crippen LogP contribution in [0.1, 0.15) is 31.1 Å². The largest absolute Gasteiger partial charge is 0.352 e. The van der Waals surface area contributed by atoms with E-state index in [1.54, 1.807) is 35.3 Å². The first-order chi connectivity index (χ1) is 11.0. The number of nitrogens with zero attached hydrogens (tertiary/aromatic N) is 4. The van der Waals surface area contributed by atoms with Gasteiger partial charge in [0.15, 0.2) is 0 Å². The van der Waals surface area contributed by atoms with E-state index in [-0.39, 0.29) is 24.4 Å². The lowest BCUT2D eigenvalue weighted by Gasteiger charge is -2.21. The zero-order chi connectivity index (χ0) is 16.8. The number of hydrogen-bond donors (Lipinski definition) is 1. The summed E-state index contributed by atoms with van der Waals surface area (Å²) < 4.78 is 1.61. The Morgan fingerprint density at radius 3 is 2.48 bits per heavy atom. The predicted molar refractivity (Wildman–Crippen MR) is 86.2 cm³/mol. The molecule has 0 fully saturated rings. The molecule has 23 heavy (non-hydrogen) atoms. The third kappa shape index (κ3) is 4.38. The van der Waals surface area contributed by atoms with Gasteiger partial charge < -0.3 is 10.2 Å². The molecule has 0 unspecified atom stereocenters. The van der Waals surface area contributed by atoms with Gasteiger partial charge in [-0.05, 0) is 45.0 Å². The van der Waals surface area contributed by atoms with E-state index in [0.29, 0.717) is 12.1 Å². The van der Waals surface area contributed by atoms with Gasteiger partial charge >= 0.3 is 0 Å². The maximum atomic E-state index is 12.5. The van der Waals surface area contributed by atoms with Crippen LogP contribution in [0.2, 0.25) is 0 Å². The zero-order valence-corrected chi connectivity index (χ0v) is 13.6. The lowest BCUT2D eigenvalue weighted by atomic mass is 10.1. The summed E-state index contributed by atoms with van der Waals surface area (Å²) >= 11 is 0. The minimum Gasteiger partial charge on any atom is -0.352 e. The maximum absolute atomic E-state index is 12.5. The minimum atomic E-state index is -0.170. The number of likely N-dealkylation sites (N-methyl/N-ethyl adjacent to an activating group) is 1. The molecule has 0 spiro atoms. The summed E-state index contributed by atoms with van der Waals surface area (Å²) in [5.74, 6) is -0.328. The van der Waals surface area contributed by atoms with Gasteiger partial charge in [-0.25, -0.2) is 9.67 Å². The fourth-order valence-electron chi connectivity index (χ4n) is 2.15. The second-order valence-corrected chi connectivity index (χ2v) is 5.43. The smallest absolute Gasteiger partial charge is 0.254 e. The molecule has 0 atom stereocenters. The van der Waals surface area contributed by atoms with Crippen molar-refractivity contribution in [1.82, 2.24) is 25.0 Å². The molecule has 1 N–H and O–H groups in total. The third-order valence-electron chi connectivity index (χ3n) is 3.25. The van der Waals surface area contributed by atoms with E-state index in [1.807, 2.05) is 20.8 Å². The Kier molecular flexibility index (Phi) is 5.46. The molecule has 1 heterocycles. The summed E-state index contributed by atoms with van der Waals surface area (Å²) in [4.78, 5) is 29.8. The van der Waals surface area contributed by atoms with E-state index in [9.17, 15) is 9.59 Å². The maximum Gasteiger partial charge on any atom is 0.254 e. The fourth-order valence-corrected chi connectivity index (χ4v) is 2.15. The van der Waals surface area contributed by atoms with Crippen LogP contribution in [0, 0.1) is 0 Å². The minimum absolute atomic E-state index is 0.0539. The highest BCUT2D eigenvalue weighted by Crippen LogP contribution is 2.10. The summed E-state index contributed by atoms with van der Waals surface area (Å²) in [6.07, 6.45) is 3.04. The normalized spacial score (nSPS) is 10.6. The predicted octanol–water partition coefficient (Wildman–Crippen LogP) is 1.25. The van der Waals surface area contributed by atoms with Crippen LogP contribution >= 0.6 is 0 Å². The van der Waals surface area contributed by atoms with Gasteiger partial charge in [0.05, 0.1) is 12.2 Å². The molecule has 0 aliphatic heterocycles. The van der Waals surface area contributed by atoms with E-state index in [1.165, 1.54) is 11.2 Å². The Morgan fingerprint density at radius 1 is 1.26 bits per heavy atom. The highest BCUT2D eigenvalue weighted by molar-refractivity contribution is 5.96. The molecule has 0 saturated heterocycles. The number of benzene rings is 1. The molecule has 122 valence electrons. The van der Waals surface area contributed by atoms with Gasteiger partial charge in [0.25, 0.3) is 5.91 Å². The van der Waals surface area contributed by atoms with Gasteiger partial charge in [-0.15, -0.1) is 0 Å². The van der Waals surface area contributed by atoms with E-state index < -0.39 is 0 Å². The average molecular weight is 315 g/mol. The molecule has 2 amide bonds. The molecule has 7 nitrogen and oxygen atoms in total. The molecular weight excluding hydrogens is 294 g/mol. The monoisotopic (exact) mass is 315 g/mol. The number of carbonyl (C=O) groups is 2. The zero-order valence-electron chi connectivity index (χ0n) is 13.6. The first-order valence-corrected chi connectivity index (χ1v) is 7.55. The molecule has 0 aliphatic rings. The topological polar surface area (TPSA) is 80.1 Å². The van der Waals surface area contributed by atoms with Gasteiger partial charge in [-0.1, -0.05) is 0 Å². The van der Waals surface area contributed by atoms with Crippen LogP contribution in [0.4, 0.5) is 0 Å². The molecule has 1 aromatic carbocycles. The van der Waals surface area contributed by atoms with Crippen LogP contribution in [0.25, 0.3) is 5.69 Å². The van der Waals surface area contributed by atoms with Crippen LogP contribution in [0.5, 0.6) is 0 Å². The van der Waals surface area contributed by atoms with Crippen LogP contribution in [-0.2, 0) is 4.79 Å². The molecule has 2 rings (SSSR count). The Labute approximate surface area is 135 Å². The van der Waals surface area contributed by atoms with E-state index in [0.717, 1.165) is 5.69 Å². The van der Waals surface area contributed by atoms with Crippen LogP contribution < -0.4 is 5.32 Å². The summed E-state index contributed by atoms with van der Waals surface area (Å²) in [6, 6.07) is 7.09. The molecule has 1 aromatic heterocycles. The highest BCUT2D eigenvalue weighted by atomic mass is 16.2. The molecule has 0 bridgehead atoms. The van der Waals surface area contributed by atoms with Crippen molar-refractivity contribution in [3.8, 4) is 5.69 Å². The number of rotatable bonds is 6. The number of hydrogen-bond acceptors (Lipinski definition) is 4. The molecule has 0 saturated carbocycles. The Bertz CT molecular complexity index is 650. The first kappa shape index (κ1) is 16.7. The second-order valence-electron chi connectivity index (χ2n) is 5.43. The summed E-state index contributed by atoms with van der Waals surface area (Å²) in [7, 11) is 0. The molecule has 0 radical (unpaired) electrons. The number of nitrogens with one attached hydrogen (secondary N) is 1. The van der Waals surface area contributed by atoms with Gasteiger partial charge in [0.2, 0.25) is 5.91 Å². The summed E-state index contributed by atoms with van der Waals surface area (Å²) in [5, 5.41) is 6.83. The van der Waals surface area contributed by atoms with Gasteiger partial charge in [-0.2, -0.15) is 5.10 Å². The van der Waals surface area contributed by atoms with Crippen LogP contribution in [-0.4, -0.2) is 50.6 Å². The van der Waals surface area contributed by atoms with Gasteiger partial charge in [-0.3, -0.25) is 9.59 Å². The lowest BCUT2D eigenvalue weighted by Crippen LogP contribution is -2.42. The van der Waals surface area contributed by atoms with Gasteiger partial charge in [0.1, 0.15) is 12.7 Å². The number of amides is 2. The first-order valence-electron chi connectivity index (χ1n) is 7.55. The van der Waals surface area contributed by atoms with Crippen molar-refractivity contribution in [2.24, 2.45) is 0 Å². The Balaban J connectivity index is 2.07. The quantitative estimate of drug-likeness (QED) is 0.870. The molecule has 0 aliphatic carbocycles. The van der Waals surface area contributed by atoms with E-state index >= 15 is 0 Å². The Morgan fingerprint density at radius 2 is 1.96 bits per heavy atom. The SMILES string of the molecule is CCN(CC(=O)NC(C)C)C(=O)c1ccc(-n2cncn2)cc1. The standard InChI is InChI=1S/C16H21N5O2/c1-4-20(9-15(22)19-12(2)3)16(23)13-5-7-14(8-6-13)21-11-17-10-18-21/h5-8,10-12H,4,9H2,1-3H3,(H,19,22). The lowest BCUT2D eigenvalue weighted by molar-refractivity contribution is -0.122. The van der Waals surface area contributed by atoms with Crippen LogP contribution in [0.15, 0.2) is 36.9 Å². The summed E-state index contributed by atoms with van der Waals surface area (Å²) in [6.45, 7) is 6.15. The van der Waals surface area contributed by atoms with Crippen molar-refractivity contribution in [2.45, 2.75) is 26.8 Å². The van der Waals surface area contributed by atoms with Crippen molar-refractivity contribution in [2.75, 3.05) is 13.1 Å². The number of carbonyl (C=O) groups excluding carboxylic acids is 2. The van der Waals surface area contributed by atoms with Crippen molar-refractivity contribution < 1.29 is 9.59 Å². The van der Waals surface area contributed by atoms with Gasteiger partial charge in [0, 0.05) is 18.2 Å².